The first-order valence-corrected chi connectivity index (χ1v) is 9.06. The molecule has 0 aromatic heterocycles. The standard InChI is InChI=1S/C18H36O3/c1-2-3-4-5-8-11-14-17(19)15-12-9-6-7-10-13-16-18(20)21/h17,19H,2-16H2,1H3,(H,20,21)/t17-/m0/s1. The van der Waals surface area contributed by atoms with Crippen LogP contribution in [0.25, 0.3) is 0 Å². The molecule has 0 radical (unpaired) electrons. The number of carboxylic acids is 1. The monoisotopic (exact) mass is 300 g/mol. The maximum absolute atomic E-state index is 10.3. The molecule has 2 N–H and O–H groups in total. The second-order valence-corrected chi connectivity index (χ2v) is 6.26. The van der Waals surface area contributed by atoms with Crippen LogP contribution in [0.15, 0.2) is 0 Å². The number of carbonyl (C=O) groups is 1. The molecule has 0 aliphatic rings. The van der Waals surface area contributed by atoms with Crippen molar-refractivity contribution in [3.8, 4) is 0 Å². The molecule has 0 amide bonds. The topological polar surface area (TPSA) is 57.5 Å². The minimum atomic E-state index is -0.687. The molecule has 0 rings (SSSR count). The summed E-state index contributed by atoms with van der Waals surface area (Å²) >= 11 is 0. The molecule has 3 heteroatoms. The Morgan fingerprint density at radius 3 is 1.67 bits per heavy atom. The van der Waals surface area contributed by atoms with Crippen molar-refractivity contribution >= 4 is 5.97 Å². The molecule has 0 aliphatic heterocycles. The van der Waals surface area contributed by atoms with E-state index in [9.17, 15) is 9.90 Å². The van der Waals surface area contributed by atoms with Gasteiger partial charge < -0.3 is 10.2 Å². The number of hydrogen-bond donors (Lipinski definition) is 2. The van der Waals surface area contributed by atoms with Crippen LogP contribution in [0.5, 0.6) is 0 Å². The Kier molecular flexibility index (Phi) is 15.4. The average molecular weight is 300 g/mol. The van der Waals surface area contributed by atoms with E-state index in [2.05, 4.69) is 6.92 Å². The number of unbranched alkanes of at least 4 members (excludes halogenated alkanes) is 10. The fourth-order valence-electron chi connectivity index (χ4n) is 2.67. The second kappa shape index (κ2) is 15.8. The molecule has 0 spiro atoms. The van der Waals surface area contributed by atoms with Gasteiger partial charge in [-0.3, -0.25) is 4.79 Å². The number of aliphatic carboxylic acids is 1. The number of aliphatic hydroxyl groups is 1. The molecule has 0 bridgehead atoms. The SMILES string of the molecule is CCCCCCCC[C@H](O)CCCCCCCCC(=O)O. The molecule has 0 fully saturated rings. The molecule has 21 heavy (non-hydrogen) atoms. The van der Waals surface area contributed by atoms with Gasteiger partial charge in [-0.1, -0.05) is 77.6 Å². The summed E-state index contributed by atoms with van der Waals surface area (Å²) < 4.78 is 0. The van der Waals surface area contributed by atoms with Crippen molar-refractivity contribution in [2.24, 2.45) is 0 Å². The van der Waals surface area contributed by atoms with E-state index in [1.165, 1.54) is 51.4 Å². The van der Waals surface area contributed by atoms with Crippen LogP contribution in [0.4, 0.5) is 0 Å². The van der Waals surface area contributed by atoms with Crippen molar-refractivity contribution < 1.29 is 15.0 Å². The summed E-state index contributed by atoms with van der Waals surface area (Å²) in [4.78, 5) is 10.3. The second-order valence-electron chi connectivity index (χ2n) is 6.26. The van der Waals surface area contributed by atoms with Gasteiger partial charge in [0.15, 0.2) is 0 Å². The Hall–Kier alpha value is -0.570. The van der Waals surface area contributed by atoms with Crippen molar-refractivity contribution in [3.63, 3.8) is 0 Å². The van der Waals surface area contributed by atoms with E-state index in [0.717, 1.165) is 38.5 Å². The highest BCUT2D eigenvalue weighted by atomic mass is 16.4. The summed E-state index contributed by atoms with van der Waals surface area (Å²) in [5.41, 5.74) is 0. The maximum Gasteiger partial charge on any atom is 0.303 e. The fourth-order valence-corrected chi connectivity index (χ4v) is 2.67. The van der Waals surface area contributed by atoms with Gasteiger partial charge in [-0.25, -0.2) is 0 Å². The average Bonchev–Trinajstić information content (AvgIpc) is 2.45. The van der Waals surface area contributed by atoms with Crippen LogP contribution in [0, 0.1) is 0 Å². The van der Waals surface area contributed by atoms with E-state index in [1.54, 1.807) is 0 Å². The molecule has 126 valence electrons. The van der Waals surface area contributed by atoms with Gasteiger partial charge in [0.25, 0.3) is 0 Å². The first-order chi connectivity index (χ1) is 10.2. The van der Waals surface area contributed by atoms with E-state index < -0.39 is 5.97 Å². The quantitative estimate of drug-likeness (QED) is 0.380. The molecule has 0 saturated carbocycles. The number of rotatable bonds is 16. The Morgan fingerprint density at radius 1 is 0.762 bits per heavy atom. The number of hydrogen-bond acceptors (Lipinski definition) is 2. The van der Waals surface area contributed by atoms with Crippen LogP contribution in [0.2, 0.25) is 0 Å². The van der Waals surface area contributed by atoms with Crippen LogP contribution in [-0.2, 0) is 4.79 Å². The third-order valence-corrected chi connectivity index (χ3v) is 4.07. The molecular formula is C18H36O3. The lowest BCUT2D eigenvalue weighted by Gasteiger charge is -2.10. The third kappa shape index (κ3) is 17.4. The van der Waals surface area contributed by atoms with Crippen LogP contribution in [-0.4, -0.2) is 22.3 Å². The summed E-state index contributed by atoms with van der Waals surface area (Å²) in [5.74, 6) is -0.687. The zero-order valence-electron chi connectivity index (χ0n) is 14.0. The molecule has 0 heterocycles. The molecule has 1 atom stereocenters. The minimum Gasteiger partial charge on any atom is -0.481 e. The van der Waals surface area contributed by atoms with Crippen molar-refractivity contribution in [2.75, 3.05) is 0 Å². The van der Waals surface area contributed by atoms with Gasteiger partial charge in [-0.05, 0) is 19.3 Å². The van der Waals surface area contributed by atoms with Gasteiger partial charge in [0.1, 0.15) is 0 Å². The van der Waals surface area contributed by atoms with Crippen molar-refractivity contribution in [1.82, 2.24) is 0 Å². The molecular weight excluding hydrogens is 264 g/mol. The van der Waals surface area contributed by atoms with E-state index in [-0.39, 0.29) is 6.10 Å². The zero-order valence-corrected chi connectivity index (χ0v) is 14.0. The lowest BCUT2D eigenvalue weighted by Crippen LogP contribution is -2.05. The molecule has 0 aromatic carbocycles. The molecule has 3 nitrogen and oxygen atoms in total. The first-order valence-electron chi connectivity index (χ1n) is 9.06. The van der Waals surface area contributed by atoms with Gasteiger partial charge in [-0.15, -0.1) is 0 Å². The molecule has 0 aliphatic carbocycles. The fraction of sp³-hybridized carbons (Fsp3) is 0.944. The lowest BCUT2D eigenvalue weighted by atomic mass is 10.0. The van der Waals surface area contributed by atoms with Gasteiger partial charge in [-0.2, -0.15) is 0 Å². The highest BCUT2D eigenvalue weighted by Crippen LogP contribution is 2.14. The van der Waals surface area contributed by atoms with Crippen LogP contribution < -0.4 is 0 Å². The largest absolute Gasteiger partial charge is 0.481 e. The first kappa shape index (κ1) is 20.4. The minimum absolute atomic E-state index is 0.108. The Bertz CT molecular complexity index is 229. The van der Waals surface area contributed by atoms with Crippen molar-refractivity contribution in [2.45, 2.75) is 109 Å². The van der Waals surface area contributed by atoms with Gasteiger partial charge >= 0.3 is 5.97 Å². The predicted octanol–water partition coefficient (Wildman–Crippen LogP) is 5.30. The van der Waals surface area contributed by atoms with E-state index >= 15 is 0 Å². The van der Waals surface area contributed by atoms with E-state index in [4.69, 9.17) is 5.11 Å². The predicted molar refractivity (Wildman–Crippen MR) is 88.6 cm³/mol. The third-order valence-electron chi connectivity index (χ3n) is 4.07. The van der Waals surface area contributed by atoms with Gasteiger partial charge in [0.05, 0.1) is 6.10 Å². The zero-order chi connectivity index (χ0) is 15.8. The summed E-state index contributed by atoms with van der Waals surface area (Å²) in [6.07, 6.45) is 16.2. The van der Waals surface area contributed by atoms with Gasteiger partial charge in [0.2, 0.25) is 0 Å². The number of aliphatic hydroxyl groups excluding tert-OH is 1. The summed E-state index contributed by atoms with van der Waals surface area (Å²) in [6, 6.07) is 0. The maximum atomic E-state index is 10.3. The smallest absolute Gasteiger partial charge is 0.303 e. The highest BCUT2D eigenvalue weighted by Gasteiger charge is 2.03. The number of carboxylic acid groups (broad SMARTS) is 1. The molecule has 0 aromatic rings. The summed E-state index contributed by atoms with van der Waals surface area (Å²) in [6.45, 7) is 2.23. The Morgan fingerprint density at radius 2 is 1.19 bits per heavy atom. The normalized spacial score (nSPS) is 12.5. The molecule has 0 saturated heterocycles. The van der Waals surface area contributed by atoms with Crippen LogP contribution in [0.1, 0.15) is 103 Å². The molecule has 0 unspecified atom stereocenters. The van der Waals surface area contributed by atoms with E-state index in [0.29, 0.717) is 6.42 Å². The van der Waals surface area contributed by atoms with Crippen LogP contribution in [0.3, 0.4) is 0 Å². The Balaban J connectivity index is 3.15. The van der Waals surface area contributed by atoms with E-state index in [1.807, 2.05) is 0 Å². The van der Waals surface area contributed by atoms with Crippen molar-refractivity contribution in [3.05, 3.63) is 0 Å². The highest BCUT2D eigenvalue weighted by molar-refractivity contribution is 5.66. The lowest BCUT2D eigenvalue weighted by molar-refractivity contribution is -0.137. The summed E-state index contributed by atoms with van der Waals surface area (Å²) in [5, 5.41) is 18.4. The summed E-state index contributed by atoms with van der Waals surface area (Å²) in [7, 11) is 0. The van der Waals surface area contributed by atoms with Gasteiger partial charge in [0, 0.05) is 6.42 Å². The van der Waals surface area contributed by atoms with Crippen LogP contribution >= 0.6 is 0 Å². The van der Waals surface area contributed by atoms with Crippen molar-refractivity contribution in [1.29, 1.82) is 0 Å². The Labute approximate surface area is 131 Å².